The quantitative estimate of drug-likeness (QED) is 0.374. The molecule has 2 heterocycles. The molecule has 1 aromatic carbocycles. The van der Waals surface area contributed by atoms with E-state index in [9.17, 15) is 34.1 Å². The van der Waals surface area contributed by atoms with Crippen LogP contribution in [0, 0.1) is 5.82 Å². The summed E-state index contributed by atoms with van der Waals surface area (Å²) in [6, 6.07) is 1.26. The summed E-state index contributed by atoms with van der Waals surface area (Å²) in [7, 11) is 3.75. The standard InChI is InChI=1S/C19H21FN2O11/c1-29-8-4-9(30-2)14(15(31-3)11(8)18(26)27)32-6-10-12(23)13(24)17(33-10)22-5-7(20)16(25)21-19(22)28/h4-5,10,12-13,17,23-24H,6H2,1-3H3,(H,26,27)(H,21,25,28)/t10-,12?,13?,17-/m0/s1. The maximum atomic E-state index is 13.6. The summed E-state index contributed by atoms with van der Waals surface area (Å²) in [6.45, 7) is -0.465. The largest absolute Gasteiger partial charge is 0.496 e. The molecule has 4 atom stereocenters. The van der Waals surface area contributed by atoms with Crippen LogP contribution in [0.25, 0.3) is 0 Å². The summed E-state index contributed by atoms with van der Waals surface area (Å²) >= 11 is 0. The summed E-state index contributed by atoms with van der Waals surface area (Å²) in [6.07, 6.45) is -5.53. The van der Waals surface area contributed by atoms with E-state index in [2.05, 4.69) is 0 Å². The van der Waals surface area contributed by atoms with Crippen molar-refractivity contribution in [2.75, 3.05) is 27.9 Å². The molecule has 1 aliphatic rings. The fourth-order valence-electron chi connectivity index (χ4n) is 3.35. The molecule has 180 valence electrons. The first kappa shape index (κ1) is 24.0. The van der Waals surface area contributed by atoms with Gasteiger partial charge in [0.05, 0.1) is 27.5 Å². The number of aliphatic hydroxyl groups excluding tert-OH is 2. The minimum Gasteiger partial charge on any atom is -0.496 e. The van der Waals surface area contributed by atoms with Crippen molar-refractivity contribution in [3.63, 3.8) is 0 Å². The zero-order valence-electron chi connectivity index (χ0n) is 17.6. The molecule has 2 aromatic rings. The predicted octanol–water partition coefficient (Wildman–Crippen LogP) is -0.902. The Hall–Kier alpha value is -3.62. The SMILES string of the molecule is COc1cc(OC)c(C(=O)O)c(OC)c1OC[C@@H]1O[C@H](n2cc(F)c(=O)[nH]c2=O)C(O)C1O. The van der Waals surface area contributed by atoms with Crippen molar-refractivity contribution in [1.82, 2.24) is 9.55 Å². The van der Waals surface area contributed by atoms with Crippen LogP contribution in [0.1, 0.15) is 16.6 Å². The van der Waals surface area contributed by atoms with Crippen LogP contribution in [-0.2, 0) is 4.74 Å². The maximum absolute atomic E-state index is 13.6. The predicted molar refractivity (Wildman–Crippen MR) is 106 cm³/mol. The zero-order chi connectivity index (χ0) is 24.4. The summed E-state index contributed by atoms with van der Waals surface area (Å²) in [5, 5.41) is 30.2. The Balaban J connectivity index is 1.91. The Morgan fingerprint density at radius 2 is 1.79 bits per heavy atom. The third-order valence-electron chi connectivity index (χ3n) is 4.95. The van der Waals surface area contributed by atoms with Crippen molar-refractivity contribution >= 4 is 5.97 Å². The van der Waals surface area contributed by atoms with Crippen LogP contribution in [0.5, 0.6) is 23.0 Å². The number of carboxylic acid groups (broad SMARTS) is 1. The highest BCUT2D eigenvalue weighted by molar-refractivity contribution is 5.96. The molecule has 3 rings (SSSR count). The molecule has 2 unspecified atom stereocenters. The Morgan fingerprint density at radius 3 is 2.36 bits per heavy atom. The number of hydrogen-bond acceptors (Lipinski definition) is 10. The van der Waals surface area contributed by atoms with Gasteiger partial charge in [-0.3, -0.25) is 14.3 Å². The number of rotatable bonds is 8. The van der Waals surface area contributed by atoms with E-state index in [0.29, 0.717) is 10.8 Å². The first-order valence-corrected chi connectivity index (χ1v) is 9.36. The number of aromatic amines is 1. The number of aromatic nitrogens is 2. The molecule has 1 saturated heterocycles. The molecule has 14 heteroatoms. The summed E-state index contributed by atoms with van der Waals surface area (Å²) in [4.78, 5) is 36.6. The monoisotopic (exact) mass is 472 g/mol. The molecule has 1 aliphatic heterocycles. The molecule has 0 radical (unpaired) electrons. The van der Waals surface area contributed by atoms with Gasteiger partial charge in [-0.15, -0.1) is 0 Å². The van der Waals surface area contributed by atoms with E-state index < -0.39 is 54.2 Å². The second-order valence-corrected chi connectivity index (χ2v) is 6.82. The van der Waals surface area contributed by atoms with E-state index >= 15 is 0 Å². The molecule has 0 saturated carbocycles. The Kier molecular flexibility index (Phi) is 6.90. The van der Waals surface area contributed by atoms with Gasteiger partial charge in [0.2, 0.25) is 11.6 Å². The number of nitrogens with one attached hydrogen (secondary N) is 1. The molecule has 0 spiro atoms. The van der Waals surface area contributed by atoms with Crippen molar-refractivity contribution in [1.29, 1.82) is 0 Å². The molecule has 1 fully saturated rings. The van der Waals surface area contributed by atoms with Crippen molar-refractivity contribution in [3.8, 4) is 23.0 Å². The molecular formula is C19H21FN2O11. The summed E-state index contributed by atoms with van der Waals surface area (Å²) < 4.78 is 40.7. The average Bonchev–Trinajstić information content (AvgIpc) is 3.07. The smallest absolute Gasteiger partial charge is 0.343 e. The van der Waals surface area contributed by atoms with Gasteiger partial charge in [0, 0.05) is 6.07 Å². The number of nitrogens with zero attached hydrogens (tertiary/aromatic N) is 1. The second kappa shape index (κ2) is 9.48. The minimum atomic E-state index is -1.68. The van der Waals surface area contributed by atoms with E-state index in [1.807, 2.05) is 0 Å². The molecular weight excluding hydrogens is 451 g/mol. The number of ether oxygens (including phenoxy) is 5. The first-order chi connectivity index (χ1) is 15.6. The van der Waals surface area contributed by atoms with Crippen LogP contribution < -0.4 is 30.2 Å². The number of benzene rings is 1. The van der Waals surface area contributed by atoms with Crippen LogP contribution in [0.2, 0.25) is 0 Å². The number of aliphatic hydroxyl groups is 2. The number of carboxylic acids is 1. The van der Waals surface area contributed by atoms with Gasteiger partial charge in [0.15, 0.2) is 17.7 Å². The Morgan fingerprint density at radius 1 is 1.12 bits per heavy atom. The van der Waals surface area contributed by atoms with Gasteiger partial charge in [-0.1, -0.05) is 0 Å². The molecule has 4 N–H and O–H groups in total. The van der Waals surface area contributed by atoms with E-state index in [1.54, 1.807) is 4.98 Å². The van der Waals surface area contributed by atoms with Crippen LogP contribution >= 0.6 is 0 Å². The highest BCUT2D eigenvalue weighted by Gasteiger charge is 2.45. The Labute approximate surface area is 184 Å². The lowest BCUT2D eigenvalue weighted by Gasteiger charge is -2.21. The van der Waals surface area contributed by atoms with Gasteiger partial charge in [0.25, 0.3) is 5.56 Å². The third-order valence-corrected chi connectivity index (χ3v) is 4.95. The Bertz CT molecular complexity index is 1160. The van der Waals surface area contributed by atoms with Crippen molar-refractivity contribution < 1.29 is 48.2 Å². The van der Waals surface area contributed by atoms with Gasteiger partial charge in [-0.25, -0.2) is 9.59 Å². The molecule has 0 aliphatic carbocycles. The van der Waals surface area contributed by atoms with E-state index in [4.69, 9.17) is 23.7 Å². The topological polar surface area (TPSA) is 179 Å². The molecule has 13 nitrogen and oxygen atoms in total. The lowest BCUT2D eigenvalue weighted by Crippen LogP contribution is -2.38. The number of halogens is 1. The zero-order valence-corrected chi connectivity index (χ0v) is 17.6. The lowest BCUT2D eigenvalue weighted by molar-refractivity contribution is -0.0524. The van der Waals surface area contributed by atoms with Crippen molar-refractivity contribution in [3.05, 3.63) is 44.5 Å². The number of H-pyrrole nitrogens is 1. The van der Waals surface area contributed by atoms with Crippen molar-refractivity contribution in [2.45, 2.75) is 24.5 Å². The van der Waals surface area contributed by atoms with E-state index in [1.165, 1.54) is 27.4 Å². The molecule has 1 aromatic heterocycles. The second-order valence-electron chi connectivity index (χ2n) is 6.82. The third kappa shape index (κ3) is 4.35. The van der Waals surface area contributed by atoms with Gasteiger partial charge in [0.1, 0.15) is 36.2 Å². The van der Waals surface area contributed by atoms with Crippen LogP contribution in [0.15, 0.2) is 21.9 Å². The summed E-state index contributed by atoms with van der Waals surface area (Å²) in [5.41, 5.74) is -2.67. The van der Waals surface area contributed by atoms with Crippen molar-refractivity contribution in [2.24, 2.45) is 0 Å². The number of carbonyl (C=O) groups is 1. The van der Waals surface area contributed by atoms with Crippen LogP contribution in [-0.4, -0.2) is 77.1 Å². The van der Waals surface area contributed by atoms with Gasteiger partial charge in [-0.2, -0.15) is 4.39 Å². The highest BCUT2D eigenvalue weighted by atomic mass is 19.1. The van der Waals surface area contributed by atoms with E-state index in [-0.39, 0.29) is 28.6 Å². The molecule has 0 amide bonds. The minimum absolute atomic E-state index is 0.0391. The lowest BCUT2D eigenvalue weighted by atomic mass is 10.1. The van der Waals surface area contributed by atoms with Gasteiger partial charge >= 0.3 is 11.7 Å². The van der Waals surface area contributed by atoms with Crippen LogP contribution in [0.3, 0.4) is 0 Å². The maximum Gasteiger partial charge on any atom is 0.343 e. The van der Waals surface area contributed by atoms with E-state index in [0.717, 1.165) is 0 Å². The normalized spacial score (nSPS) is 22.1. The number of methoxy groups -OCH3 is 3. The van der Waals surface area contributed by atoms with Crippen LogP contribution in [0.4, 0.5) is 4.39 Å². The average molecular weight is 472 g/mol. The fourth-order valence-corrected chi connectivity index (χ4v) is 3.35. The first-order valence-electron chi connectivity index (χ1n) is 9.36. The number of hydrogen-bond donors (Lipinski definition) is 4. The summed E-state index contributed by atoms with van der Waals surface area (Å²) in [5.74, 6) is -3.08. The van der Waals surface area contributed by atoms with Gasteiger partial charge < -0.3 is 39.0 Å². The van der Waals surface area contributed by atoms with Gasteiger partial charge in [-0.05, 0) is 0 Å². The fraction of sp³-hybridized carbons (Fsp3) is 0.421. The molecule has 33 heavy (non-hydrogen) atoms. The molecule has 0 bridgehead atoms. The highest BCUT2D eigenvalue weighted by Crippen LogP contribution is 2.45. The number of aromatic carboxylic acids is 1.